The minimum Gasteiger partial charge on any atom is -0.322 e. The molecule has 0 rings (SSSR count). The van der Waals surface area contributed by atoms with E-state index >= 15 is 0 Å². The van der Waals surface area contributed by atoms with E-state index in [1.165, 1.54) is 0 Å². The van der Waals surface area contributed by atoms with Gasteiger partial charge in [0.2, 0.25) is 0 Å². The Hall–Kier alpha value is 0.140. The van der Waals surface area contributed by atoms with Gasteiger partial charge in [-0.15, -0.1) is 0 Å². The molecule has 10 nitrogen and oxygen atoms in total. The van der Waals surface area contributed by atoms with Crippen molar-refractivity contribution in [2.45, 2.75) is 0 Å². The third-order valence-electron chi connectivity index (χ3n) is 0.266. The Morgan fingerprint density at radius 1 is 1.00 bits per heavy atom. The zero-order chi connectivity index (χ0) is 10.4. The van der Waals surface area contributed by atoms with Gasteiger partial charge in [0.25, 0.3) is 0 Å². The van der Waals surface area contributed by atoms with Gasteiger partial charge >= 0.3 is 15.5 Å². The van der Waals surface area contributed by atoms with Crippen molar-refractivity contribution in [2.24, 2.45) is 22.8 Å². The minimum absolute atomic E-state index is 3.35. The minimum atomic E-state index is -4.10. The lowest BCUT2D eigenvalue weighted by Crippen LogP contribution is -2.03. The van der Waals surface area contributed by atoms with Crippen LogP contribution in [0.3, 0.4) is 0 Å². The standard InChI is InChI=1S/H5N2O4P.H5N2O2P/c1-5-7(3,4)6-2;1-5(2,3)4/h1-2H2,(H,3,4);(H5,1,2,3,4). The van der Waals surface area contributed by atoms with E-state index in [1.807, 2.05) is 0 Å². The highest BCUT2D eigenvalue weighted by Crippen LogP contribution is 2.37. The molecule has 0 bridgehead atoms. The Kier molecular flexibility index (Phi) is 7.00. The highest BCUT2D eigenvalue weighted by molar-refractivity contribution is 7.52. The van der Waals surface area contributed by atoms with Crippen LogP contribution in [0.5, 0.6) is 0 Å². The predicted octanol–water partition coefficient (Wildman–Crippen LogP) is -2.13. The van der Waals surface area contributed by atoms with Crippen molar-refractivity contribution in [1.82, 2.24) is 0 Å². The molecule has 0 aromatic rings. The summed E-state index contributed by atoms with van der Waals surface area (Å²) in [6.07, 6.45) is 0. The van der Waals surface area contributed by atoms with Crippen LogP contribution < -0.4 is 22.8 Å². The van der Waals surface area contributed by atoms with Crippen molar-refractivity contribution < 1.29 is 28.2 Å². The fourth-order valence-electron chi connectivity index (χ4n) is 0.0248. The molecule has 0 spiro atoms. The van der Waals surface area contributed by atoms with Crippen molar-refractivity contribution in [2.75, 3.05) is 0 Å². The Morgan fingerprint density at radius 3 is 1.17 bits per heavy atom. The van der Waals surface area contributed by atoms with Crippen LogP contribution in [0.1, 0.15) is 0 Å². The molecule has 0 saturated heterocycles. The van der Waals surface area contributed by atoms with Crippen LogP contribution in [-0.4, -0.2) is 9.79 Å². The molecule has 12 heavy (non-hydrogen) atoms. The van der Waals surface area contributed by atoms with Crippen molar-refractivity contribution in [1.29, 1.82) is 0 Å². The van der Waals surface area contributed by atoms with Crippen molar-refractivity contribution in [3.8, 4) is 0 Å². The summed E-state index contributed by atoms with van der Waals surface area (Å²) in [5.41, 5.74) is 8.49. The molecule has 0 aromatic heterocycles. The first-order valence-electron chi connectivity index (χ1n) is 2.12. The van der Waals surface area contributed by atoms with E-state index in [-0.39, 0.29) is 0 Å². The molecule has 0 amide bonds. The lowest BCUT2D eigenvalue weighted by Gasteiger charge is -1.99. The lowest BCUT2D eigenvalue weighted by molar-refractivity contribution is 0.153. The molecule has 10 N–H and O–H groups in total. The van der Waals surface area contributed by atoms with Gasteiger partial charge in [0.1, 0.15) is 0 Å². The first-order chi connectivity index (χ1) is 5.12. The van der Waals surface area contributed by atoms with Crippen LogP contribution in [0.15, 0.2) is 0 Å². The number of nitrogens with two attached hydrogens (primary N) is 4. The van der Waals surface area contributed by atoms with Crippen LogP contribution in [0.2, 0.25) is 0 Å². The van der Waals surface area contributed by atoms with Gasteiger partial charge in [-0.3, -0.25) is 4.57 Å². The van der Waals surface area contributed by atoms with E-state index in [0.717, 1.165) is 0 Å². The van der Waals surface area contributed by atoms with Gasteiger partial charge in [0.15, 0.2) is 0 Å². The summed E-state index contributed by atoms with van der Waals surface area (Å²) in [6.45, 7) is 0. The molecule has 12 heteroatoms. The Bertz CT molecular complexity index is 179. The normalized spacial score (nSPS) is 11.8. The molecule has 0 saturated carbocycles. The first kappa shape index (κ1) is 14.7. The summed E-state index contributed by atoms with van der Waals surface area (Å²) >= 11 is 0. The lowest BCUT2D eigenvalue weighted by atomic mass is 13.6. The molecule has 0 fully saturated rings. The van der Waals surface area contributed by atoms with Crippen LogP contribution in [0.25, 0.3) is 0 Å². The second-order valence-electron chi connectivity index (χ2n) is 1.35. The first-order valence-corrected chi connectivity index (χ1v) is 5.41. The molecule has 0 atom stereocenters. The van der Waals surface area contributed by atoms with E-state index in [9.17, 15) is 9.13 Å². The number of hydrogen-bond acceptors (Lipinski definition) is 6. The van der Waals surface area contributed by atoms with Crippen molar-refractivity contribution >= 4 is 15.5 Å². The monoisotopic (exact) mass is 224 g/mol. The third kappa shape index (κ3) is 22.5. The van der Waals surface area contributed by atoms with Gasteiger partial charge in [-0.05, 0) is 0 Å². The number of phosphoric acid groups is 1. The number of hydrogen-bond donors (Lipinski definition) is 6. The van der Waals surface area contributed by atoms with Gasteiger partial charge in [-0.2, -0.15) is 9.25 Å². The van der Waals surface area contributed by atoms with E-state index in [0.29, 0.717) is 0 Å². The molecule has 0 unspecified atom stereocenters. The van der Waals surface area contributed by atoms with E-state index in [1.54, 1.807) is 0 Å². The maximum Gasteiger partial charge on any atom is 0.504 e. The summed E-state index contributed by atoms with van der Waals surface area (Å²) in [6, 6.07) is 0. The average molecular weight is 224 g/mol. The van der Waals surface area contributed by atoms with Gasteiger partial charge in [-0.1, -0.05) is 0 Å². The fraction of sp³-hybridized carbons (Fsp3) is 0. The molecular formula is H10N4O6P2. The topological polar surface area (TPSA) is 197 Å². The Balaban J connectivity index is 0. The summed E-state index contributed by atoms with van der Waals surface area (Å²) in [5, 5.41) is 0. The highest BCUT2D eigenvalue weighted by atomic mass is 31.2. The zero-order valence-corrected chi connectivity index (χ0v) is 7.52. The summed E-state index contributed by atoms with van der Waals surface area (Å²) in [7, 11) is -7.74. The average Bonchev–Trinajstić information content (AvgIpc) is 1.85. The molecule has 0 aliphatic rings. The van der Waals surface area contributed by atoms with E-state index in [4.69, 9.17) is 9.79 Å². The molecule has 0 heterocycles. The largest absolute Gasteiger partial charge is 0.504 e. The predicted molar refractivity (Wildman–Crippen MR) is 38.6 cm³/mol. The highest BCUT2D eigenvalue weighted by Gasteiger charge is 2.16. The smallest absolute Gasteiger partial charge is 0.322 e. The van der Waals surface area contributed by atoms with E-state index in [2.05, 4.69) is 32.1 Å². The van der Waals surface area contributed by atoms with Crippen LogP contribution in [-0.2, 0) is 18.4 Å². The molecule has 0 aromatic carbocycles. The van der Waals surface area contributed by atoms with Crippen molar-refractivity contribution in [3.63, 3.8) is 0 Å². The molecular weight excluding hydrogens is 214 g/mol. The van der Waals surface area contributed by atoms with Gasteiger partial charge in [-0.25, -0.2) is 27.4 Å². The molecule has 0 radical (unpaired) electrons. The molecule has 76 valence electrons. The second-order valence-corrected chi connectivity index (χ2v) is 4.06. The van der Waals surface area contributed by atoms with Gasteiger partial charge in [0, 0.05) is 0 Å². The fourth-order valence-corrected chi connectivity index (χ4v) is 0.0745. The molecule has 0 aliphatic carbocycles. The van der Waals surface area contributed by atoms with Crippen molar-refractivity contribution in [3.05, 3.63) is 0 Å². The maximum atomic E-state index is 9.81. The van der Waals surface area contributed by atoms with E-state index < -0.39 is 15.5 Å². The van der Waals surface area contributed by atoms with Gasteiger partial charge in [0.05, 0.1) is 0 Å². The van der Waals surface area contributed by atoms with Gasteiger partial charge < -0.3 is 9.79 Å². The SMILES string of the molecule is NOP(=O)(O)ON.NP(N)(=O)O. The Labute approximate surface area is 67.5 Å². The summed E-state index contributed by atoms with van der Waals surface area (Å²) < 4.78 is 25.8. The third-order valence-corrected chi connectivity index (χ3v) is 0.799. The van der Waals surface area contributed by atoms with Crippen LogP contribution >= 0.6 is 15.5 Å². The maximum absolute atomic E-state index is 9.81. The number of rotatable bonds is 2. The van der Waals surface area contributed by atoms with Crippen LogP contribution in [0.4, 0.5) is 0 Å². The Morgan fingerprint density at radius 2 is 1.17 bits per heavy atom. The zero-order valence-electron chi connectivity index (χ0n) is 5.73. The summed E-state index contributed by atoms with van der Waals surface area (Å²) in [4.78, 5) is 15.6. The quantitative estimate of drug-likeness (QED) is 0.222. The summed E-state index contributed by atoms with van der Waals surface area (Å²) in [5.74, 6) is 8.40. The second kappa shape index (κ2) is 5.73. The van der Waals surface area contributed by atoms with Crippen LogP contribution in [0, 0.1) is 0 Å². The molecule has 0 aliphatic heterocycles.